The molecule has 47 valence electrons. The zero-order chi connectivity index (χ0) is 6.85. The predicted molar refractivity (Wildman–Crippen MR) is 37.3 cm³/mol. The molecular formula is C8H10N. The molecule has 0 aromatic carbocycles. The lowest BCUT2D eigenvalue weighted by Crippen LogP contribution is -1.88. The van der Waals surface area contributed by atoms with E-state index in [9.17, 15) is 0 Å². The van der Waals surface area contributed by atoms with Crippen LogP contribution in [0, 0.1) is 26.8 Å². The van der Waals surface area contributed by atoms with Crippen molar-refractivity contribution in [2.75, 3.05) is 0 Å². The third kappa shape index (κ3) is 1.28. The van der Waals surface area contributed by atoms with Crippen molar-refractivity contribution >= 4 is 0 Å². The molecule has 1 rings (SSSR count). The standard InChI is InChI=1S/C8H10N/c1-6-4-5-7(2)9-8(6)3/h4H,1-3H3. The molecule has 9 heavy (non-hydrogen) atoms. The van der Waals surface area contributed by atoms with E-state index in [0.717, 1.165) is 11.4 Å². The van der Waals surface area contributed by atoms with Crippen LogP contribution in [0.5, 0.6) is 0 Å². The number of pyridine rings is 1. The van der Waals surface area contributed by atoms with Crippen LogP contribution in [0.3, 0.4) is 0 Å². The molecule has 0 saturated heterocycles. The van der Waals surface area contributed by atoms with Crippen molar-refractivity contribution in [3.8, 4) is 0 Å². The van der Waals surface area contributed by atoms with Crippen molar-refractivity contribution in [3.05, 3.63) is 29.1 Å². The van der Waals surface area contributed by atoms with Crippen molar-refractivity contribution in [1.29, 1.82) is 0 Å². The second-order valence-corrected chi connectivity index (χ2v) is 2.25. The predicted octanol–water partition coefficient (Wildman–Crippen LogP) is 1.81. The third-order valence-corrected chi connectivity index (χ3v) is 1.40. The van der Waals surface area contributed by atoms with Crippen LogP contribution in [0.2, 0.25) is 0 Å². The number of nitrogens with zero attached hydrogens (tertiary/aromatic N) is 1. The van der Waals surface area contributed by atoms with Gasteiger partial charge >= 0.3 is 0 Å². The van der Waals surface area contributed by atoms with Gasteiger partial charge in [-0.05, 0) is 32.4 Å². The van der Waals surface area contributed by atoms with E-state index in [0.29, 0.717) is 0 Å². The van der Waals surface area contributed by atoms with Gasteiger partial charge in [0.2, 0.25) is 0 Å². The molecule has 1 radical (unpaired) electrons. The Labute approximate surface area is 55.7 Å². The van der Waals surface area contributed by atoms with Crippen molar-refractivity contribution in [2.24, 2.45) is 0 Å². The molecule has 0 N–H and O–H groups in total. The van der Waals surface area contributed by atoms with Crippen LogP contribution in [0.1, 0.15) is 17.0 Å². The molecule has 0 aliphatic carbocycles. The van der Waals surface area contributed by atoms with Crippen LogP contribution in [-0.4, -0.2) is 4.98 Å². The van der Waals surface area contributed by atoms with E-state index >= 15 is 0 Å². The largest absolute Gasteiger partial charge is 0.258 e. The lowest BCUT2D eigenvalue weighted by atomic mass is 10.2. The molecule has 0 saturated carbocycles. The van der Waals surface area contributed by atoms with E-state index in [4.69, 9.17) is 0 Å². The van der Waals surface area contributed by atoms with Crippen LogP contribution in [-0.2, 0) is 0 Å². The first kappa shape index (κ1) is 6.27. The van der Waals surface area contributed by atoms with Gasteiger partial charge in [-0.25, -0.2) is 0 Å². The average molecular weight is 120 g/mol. The quantitative estimate of drug-likeness (QED) is 0.508. The highest BCUT2D eigenvalue weighted by Crippen LogP contribution is 2.02. The molecule has 1 aromatic rings. The van der Waals surface area contributed by atoms with Crippen molar-refractivity contribution in [3.63, 3.8) is 0 Å². The third-order valence-electron chi connectivity index (χ3n) is 1.40. The maximum Gasteiger partial charge on any atom is 0.0455 e. The Bertz CT molecular complexity index is 216. The number of aryl methyl sites for hydroxylation is 3. The van der Waals surface area contributed by atoms with Crippen LogP contribution in [0.25, 0.3) is 0 Å². The van der Waals surface area contributed by atoms with Gasteiger partial charge in [0.1, 0.15) is 0 Å². The second-order valence-electron chi connectivity index (χ2n) is 2.25. The smallest absolute Gasteiger partial charge is 0.0455 e. The normalized spacial score (nSPS) is 9.67. The molecule has 1 nitrogen and oxygen atoms in total. The van der Waals surface area contributed by atoms with Gasteiger partial charge < -0.3 is 0 Å². The van der Waals surface area contributed by atoms with Gasteiger partial charge in [0.25, 0.3) is 0 Å². The van der Waals surface area contributed by atoms with Gasteiger partial charge in [-0.2, -0.15) is 0 Å². The number of hydrogen-bond acceptors (Lipinski definition) is 1. The molecule has 1 heteroatoms. The Morgan fingerprint density at radius 2 is 2.00 bits per heavy atom. The summed E-state index contributed by atoms with van der Waals surface area (Å²) in [5.41, 5.74) is 3.28. The summed E-state index contributed by atoms with van der Waals surface area (Å²) in [4.78, 5) is 4.22. The minimum absolute atomic E-state index is 0.970. The zero-order valence-electron chi connectivity index (χ0n) is 6.02. The van der Waals surface area contributed by atoms with E-state index in [2.05, 4.69) is 11.1 Å². The highest BCUT2D eigenvalue weighted by atomic mass is 14.7. The molecule has 0 unspecified atom stereocenters. The molecule has 1 aromatic heterocycles. The Morgan fingerprint density at radius 1 is 1.33 bits per heavy atom. The molecule has 0 spiro atoms. The lowest BCUT2D eigenvalue weighted by molar-refractivity contribution is 1.08. The SMILES string of the molecule is Cc1[c]cc(C)c(C)n1. The topological polar surface area (TPSA) is 12.9 Å². The van der Waals surface area contributed by atoms with Gasteiger partial charge in [0.05, 0.1) is 0 Å². The van der Waals surface area contributed by atoms with Gasteiger partial charge in [-0.1, -0.05) is 0 Å². The average Bonchev–Trinajstić information content (AvgIpc) is 1.80. The Balaban J connectivity index is 3.17. The fourth-order valence-corrected chi connectivity index (χ4v) is 0.689. The summed E-state index contributed by atoms with van der Waals surface area (Å²) in [6, 6.07) is 5.00. The van der Waals surface area contributed by atoms with E-state index in [1.165, 1.54) is 5.56 Å². The van der Waals surface area contributed by atoms with E-state index in [1.807, 2.05) is 26.8 Å². The second kappa shape index (κ2) is 2.18. The van der Waals surface area contributed by atoms with E-state index in [1.54, 1.807) is 0 Å². The summed E-state index contributed by atoms with van der Waals surface area (Å²) >= 11 is 0. The Kier molecular flexibility index (Phi) is 1.52. The summed E-state index contributed by atoms with van der Waals surface area (Å²) in [7, 11) is 0. The summed E-state index contributed by atoms with van der Waals surface area (Å²) in [6.07, 6.45) is 0. The fraction of sp³-hybridized carbons (Fsp3) is 0.375. The first-order valence-corrected chi connectivity index (χ1v) is 3.02. The summed E-state index contributed by atoms with van der Waals surface area (Å²) < 4.78 is 0. The number of aromatic nitrogens is 1. The van der Waals surface area contributed by atoms with Gasteiger partial charge in [0.15, 0.2) is 0 Å². The zero-order valence-corrected chi connectivity index (χ0v) is 6.02. The van der Waals surface area contributed by atoms with Crippen LogP contribution in [0.4, 0.5) is 0 Å². The van der Waals surface area contributed by atoms with Gasteiger partial charge in [-0.3, -0.25) is 4.98 Å². The van der Waals surface area contributed by atoms with Crippen LogP contribution < -0.4 is 0 Å². The summed E-state index contributed by atoms with van der Waals surface area (Å²) in [5, 5.41) is 0. The molecule has 0 fully saturated rings. The molecule has 0 aliphatic heterocycles. The van der Waals surface area contributed by atoms with Crippen molar-refractivity contribution < 1.29 is 0 Å². The molecule has 1 heterocycles. The minimum Gasteiger partial charge on any atom is -0.258 e. The van der Waals surface area contributed by atoms with Crippen molar-refractivity contribution in [2.45, 2.75) is 20.8 Å². The Morgan fingerprint density at radius 3 is 2.44 bits per heavy atom. The maximum absolute atomic E-state index is 4.22. The molecule has 0 amide bonds. The first-order chi connectivity index (χ1) is 4.20. The van der Waals surface area contributed by atoms with E-state index in [-0.39, 0.29) is 0 Å². The van der Waals surface area contributed by atoms with Gasteiger partial charge in [0, 0.05) is 17.5 Å². The fourth-order valence-electron chi connectivity index (χ4n) is 0.689. The highest BCUT2D eigenvalue weighted by Gasteiger charge is 1.91. The first-order valence-electron chi connectivity index (χ1n) is 3.02. The summed E-state index contributed by atoms with van der Waals surface area (Å²) in [6.45, 7) is 6.00. The van der Waals surface area contributed by atoms with Crippen LogP contribution >= 0.6 is 0 Å². The Hall–Kier alpha value is -0.850. The van der Waals surface area contributed by atoms with Crippen molar-refractivity contribution in [1.82, 2.24) is 4.98 Å². The molecular weight excluding hydrogens is 110 g/mol. The highest BCUT2D eigenvalue weighted by molar-refractivity contribution is 5.18. The lowest BCUT2D eigenvalue weighted by Gasteiger charge is -1.96. The maximum atomic E-state index is 4.22. The molecule has 0 atom stereocenters. The molecule has 0 bridgehead atoms. The number of hydrogen-bond donors (Lipinski definition) is 0. The monoisotopic (exact) mass is 120 g/mol. The number of rotatable bonds is 0. The van der Waals surface area contributed by atoms with Crippen LogP contribution in [0.15, 0.2) is 6.07 Å². The summed E-state index contributed by atoms with van der Waals surface area (Å²) in [5.74, 6) is 0. The van der Waals surface area contributed by atoms with E-state index < -0.39 is 0 Å². The molecule has 0 aliphatic rings. The van der Waals surface area contributed by atoms with Gasteiger partial charge in [-0.15, -0.1) is 0 Å². The minimum atomic E-state index is 0.970.